The van der Waals surface area contributed by atoms with E-state index in [4.69, 9.17) is 11.6 Å². The molecule has 2 rings (SSSR count). The van der Waals surface area contributed by atoms with Crippen molar-refractivity contribution in [2.75, 3.05) is 6.54 Å². The smallest absolute Gasteiger partial charge is 0.243 e. The maximum atomic E-state index is 12.9. The Morgan fingerprint density at radius 3 is 2.90 bits per heavy atom. The summed E-state index contributed by atoms with van der Waals surface area (Å²) in [5.74, 6) is -0.704. The fourth-order valence-corrected chi connectivity index (χ4v) is 2.62. The summed E-state index contributed by atoms with van der Waals surface area (Å²) < 4.78 is 12.9. The zero-order chi connectivity index (χ0) is 14.7. The second-order valence-electron chi connectivity index (χ2n) is 4.82. The van der Waals surface area contributed by atoms with Crippen molar-refractivity contribution in [3.63, 3.8) is 0 Å². The summed E-state index contributed by atoms with van der Waals surface area (Å²) in [7, 11) is 0. The normalized spacial score (nSPS) is 18.1. The fourth-order valence-electron chi connectivity index (χ4n) is 2.38. The average Bonchev–Trinajstić information content (AvgIpc) is 2.86. The van der Waals surface area contributed by atoms with Gasteiger partial charge in [-0.3, -0.25) is 9.59 Å². The minimum Gasteiger partial charge on any atom is -0.350 e. The standard InChI is InChI=1S/C14H16ClFN2O2/c1-9(19)18-6-2-3-13(18)14(20)17-8-10-4-5-11(16)7-12(10)15/h4-5,7,13H,2-3,6,8H2,1H3,(H,17,20)/t13-/m0/s1. The number of amides is 2. The number of carbonyl (C=O) groups is 2. The Hall–Kier alpha value is -1.62. The molecule has 4 nitrogen and oxygen atoms in total. The molecule has 1 saturated heterocycles. The molecule has 20 heavy (non-hydrogen) atoms. The number of rotatable bonds is 3. The Morgan fingerprint density at radius 2 is 2.25 bits per heavy atom. The quantitative estimate of drug-likeness (QED) is 0.929. The van der Waals surface area contributed by atoms with Crippen molar-refractivity contribution in [3.8, 4) is 0 Å². The van der Waals surface area contributed by atoms with Crippen molar-refractivity contribution in [2.45, 2.75) is 32.4 Å². The predicted octanol–water partition coefficient (Wildman–Crippen LogP) is 2.11. The minimum atomic E-state index is -0.413. The molecular formula is C14H16ClFN2O2. The molecule has 0 aromatic heterocycles. The van der Waals surface area contributed by atoms with Gasteiger partial charge in [0.05, 0.1) is 0 Å². The Labute approximate surface area is 121 Å². The highest BCUT2D eigenvalue weighted by molar-refractivity contribution is 6.31. The van der Waals surface area contributed by atoms with Crippen molar-refractivity contribution in [2.24, 2.45) is 0 Å². The summed E-state index contributed by atoms with van der Waals surface area (Å²) in [6.07, 6.45) is 1.50. The summed E-state index contributed by atoms with van der Waals surface area (Å²) >= 11 is 5.90. The number of benzene rings is 1. The van der Waals surface area contributed by atoms with Gasteiger partial charge in [-0.2, -0.15) is 0 Å². The zero-order valence-electron chi connectivity index (χ0n) is 11.2. The van der Waals surface area contributed by atoms with Crippen LogP contribution < -0.4 is 5.32 Å². The molecule has 0 unspecified atom stereocenters. The molecule has 1 atom stereocenters. The number of hydrogen-bond acceptors (Lipinski definition) is 2. The second kappa shape index (κ2) is 6.22. The van der Waals surface area contributed by atoms with E-state index >= 15 is 0 Å². The van der Waals surface area contributed by atoms with Gasteiger partial charge < -0.3 is 10.2 Å². The van der Waals surface area contributed by atoms with Crippen LogP contribution in [0, 0.1) is 5.82 Å². The van der Waals surface area contributed by atoms with Crippen molar-refractivity contribution >= 4 is 23.4 Å². The molecule has 1 heterocycles. The van der Waals surface area contributed by atoms with Crippen molar-refractivity contribution in [3.05, 3.63) is 34.6 Å². The van der Waals surface area contributed by atoms with Crippen LogP contribution in [0.1, 0.15) is 25.3 Å². The SMILES string of the molecule is CC(=O)N1CCC[C@H]1C(=O)NCc1ccc(F)cc1Cl. The number of likely N-dealkylation sites (tertiary alicyclic amines) is 1. The first-order valence-corrected chi connectivity index (χ1v) is 6.85. The maximum absolute atomic E-state index is 12.9. The van der Waals surface area contributed by atoms with Gasteiger partial charge in [-0.1, -0.05) is 17.7 Å². The van der Waals surface area contributed by atoms with Crippen LogP contribution in [0.4, 0.5) is 4.39 Å². The number of nitrogens with one attached hydrogen (secondary N) is 1. The van der Waals surface area contributed by atoms with Crippen LogP contribution in [0.3, 0.4) is 0 Å². The molecule has 1 N–H and O–H groups in total. The first-order valence-electron chi connectivity index (χ1n) is 6.48. The summed E-state index contributed by atoms with van der Waals surface area (Å²) in [5.41, 5.74) is 0.647. The van der Waals surface area contributed by atoms with E-state index < -0.39 is 11.9 Å². The van der Waals surface area contributed by atoms with Gasteiger partial charge in [0.2, 0.25) is 11.8 Å². The number of halogens is 2. The van der Waals surface area contributed by atoms with Crippen LogP contribution in [-0.4, -0.2) is 29.3 Å². The molecule has 0 aliphatic carbocycles. The lowest BCUT2D eigenvalue weighted by Crippen LogP contribution is -2.44. The van der Waals surface area contributed by atoms with Crippen LogP contribution in [0.5, 0.6) is 0 Å². The van der Waals surface area contributed by atoms with Crippen LogP contribution in [0.2, 0.25) is 5.02 Å². The highest BCUT2D eigenvalue weighted by Gasteiger charge is 2.32. The van der Waals surface area contributed by atoms with Gasteiger partial charge >= 0.3 is 0 Å². The molecule has 1 aliphatic heterocycles. The molecule has 1 aliphatic rings. The number of nitrogens with zero attached hydrogens (tertiary/aromatic N) is 1. The molecule has 1 fully saturated rings. The first-order chi connectivity index (χ1) is 9.49. The second-order valence-corrected chi connectivity index (χ2v) is 5.23. The monoisotopic (exact) mass is 298 g/mol. The van der Waals surface area contributed by atoms with Gasteiger partial charge in [-0.15, -0.1) is 0 Å². The topological polar surface area (TPSA) is 49.4 Å². The van der Waals surface area contributed by atoms with Crippen molar-refractivity contribution < 1.29 is 14.0 Å². The summed E-state index contributed by atoms with van der Waals surface area (Å²) in [5, 5.41) is 3.02. The lowest BCUT2D eigenvalue weighted by atomic mass is 10.2. The molecule has 108 valence electrons. The Morgan fingerprint density at radius 1 is 1.50 bits per heavy atom. The highest BCUT2D eigenvalue weighted by Crippen LogP contribution is 2.19. The van der Waals surface area contributed by atoms with E-state index in [2.05, 4.69) is 5.32 Å². The lowest BCUT2D eigenvalue weighted by Gasteiger charge is -2.22. The third kappa shape index (κ3) is 3.28. The molecule has 1 aromatic rings. The summed E-state index contributed by atoms with van der Waals surface area (Å²) in [6.45, 7) is 2.30. The maximum Gasteiger partial charge on any atom is 0.243 e. The van der Waals surface area contributed by atoms with Gasteiger partial charge in [0, 0.05) is 25.0 Å². The molecule has 0 bridgehead atoms. The van der Waals surface area contributed by atoms with E-state index in [0.717, 1.165) is 6.42 Å². The van der Waals surface area contributed by atoms with Crippen molar-refractivity contribution in [1.29, 1.82) is 0 Å². The van der Waals surface area contributed by atoms with Gasteiger partial charge in [-0.05, 0) is 30.5 Å². The summed E-state index contributed by atoms with van der Waals surface area (Å²) in [6, 6.07) is 3.63. The molecule has 0 radical (unpaired) electrons. The average molecular weight is 299 g/mol. The van der Waals surface area contributed by atoms with E-state index in [1.165, 1.54) is 25.1 Å². The fraction of sp³-hybridized carbons (Fsp3) is 0.429. The molecule has 6 heteroatoms. The predicted molar refractivity (Wildman–Crippen MR) is 73.7 cm³/mol. The molecule has 0 saturated carbocycles. The Balaban J connectivity index is 1.96. The van der Waals surface area contributed by atoms with Crippen LogP contribution in [0.15, 0.2) is 18.2 Å². The van der Waals surface area contributed by atoms with E-state index in [1.807, 2.05) is 0 Å². The number of carbonyl (C=O) groups excluding carboxylic acids is 2. The van der Waals surface area contributed by atoms with E-state index in [-0.39, 0.29) is 23.4 Å². The van der Waals surface area contributed by atoms with Gasteiger partial charge in [-0.25, -0.2) is 4.39 Å². The molecule has 1 aromatic carbocycles. The zero-order valence-corrected chi connectivity index (χ0v) is 11.9. The van der Waals surface area contributed by atoms with E-state index in [1.54, 1.807) is 4.90 Å². The lowest BCUT2D eigenvalue weighted by molar-refractivity contribution is -0.136. The highest BCUT2D eigenvalue weighted by atomic mass is 35.5. The van der Waals surface area contributed by atoms with Crippen LogP contribution in [-0.2, 0) is 16.1 Å². The third-order valence-electron chi connectivity index (χ3n) is 3.43. The number of hydrogen-bond donors (Lipinski definition) is 1. The summed E-state index contributed by atoms with van der Waals surface area (Å²) in [4.78, 5) is 25.1. The van der Waals surface area contributed by atoms with Gasteiger partial charge in [0.15, 0.2) is 0 Å². The Kier molecular flexibility index (Phi) is 4.60. The molecule has 0 spiro atoms. The first kappa shape index (κ1) is 14.8. The molecule has 2 amide bonds. The van der Waals surface area contributed by atoms with E-state index in [9.17, 15) is 14.0 Å². The van der Waals surface area contributed by atoms with Crippen LogP contribution >= 0.6 is 11.6 Å². The minimum absolute atomic E-state index is 0.0949. The largest absolute Gasteiger partial charge is 0.350 e. The van der Waals surface area contributed by atoms with Crippen LogP contribution in [0.25, 0.3) is 0 Å². The van der Waals surface area contributed by atoms with E-state index in [0.29, 0.717) is 18.5 Å². The van der Waals surface area contributed by atoms with Gasteiger partial charge in [0.25, 0.3) is 0 Å². The van der Waals surface area contributed by atoms with Gasteiger partial charge in [0.1, 0.15) is 11.9 Å². The molecular weight excluding hydrogens is 283 g/mol. The third-order valence-corrected chi connectivity index (χ3v) is 3.78. The Bertz CT molecular complexity index is 536. The van der Waals surface area contributed by atoms with Crippen molar-refractivity contribution in [1.82, 2.24) is 10.2 Å².